The second-order valence-electron chi connectivity index (χ2n) is 4.18. The summed E-state index contributed by atoms with van der Waals surface area (Å²) in [7, 11) is 0. The number of aromatic nitrogens is 1. The predicted octanol–water partition coefficient (Wildman–Crippen LogP) is 2.75. The first-order valence-corrected chi connectivity index (χ1v) is 6.75. The normalized spacial score (nSPS) is 10.1. The van der Waals surface area contributed by atoms with Gasteiger partial charge in [0.2, 0.25) is 0 Å². The number of aryl methyl sites for hydroxylation is 1. The van der Waals surface area contributed by atoms with Gasteiger partial charge in [-0.25, -0.2) is 4.98 Å². The van der Waals surface area contributed by atoms with Gasteiger partial charge in [-0.15, -0.1) is 0 Å². The van der Waals surface area contributed by atoms with E-state index in [1.165, 1.54) is 0 Å². The highest BCUT2D eigenvalue weighted by atomic mass is 79.9. The molecule has 0 spiro atoms. The molecule has 3 N–H and O–H groups in total. The second kappa shape index (κ2) is 6.38. The van der Waals surface area contributed by atoms with Crippen molar-refractivity contribution < 1.29 is 9.53 Å². The van der Waals surface area contributed by atoms with Gasteiger partial charge in [0.1, 0.15) is 10.4 Å². The van der Waals surface area contributed by atoms with Crippen LogP contribution >= 0.6 is 15.9 Å². The van der Waals surface area contributed by atoms with E-state index in [-0.39, 0.29) is 12.5 Å². The van der Waals surface area contributed by atoms with E-state index < -0.39 is 0 Å². The molecular weight excluding hydrogens is 322 g/mol. The number of carbonyl (C=O) groups is 1. The van der Waals surface area contributed by atoms with Crippen molar-refractivity contribution in [1.82, 2.24) is 4.98 Å². The third kappa shape index (κ3) is 3.96. The molecular formula is C14H14BrN3O2. The van der Waals surface area contributed by atoms with Crippen LogP contribution < -0.4 is 15.8 Å². The molecule has 0 radical (unpaired) electrons. The maximum atomic E-state index is 11.8. The largest absolute Gasteiger partial charge is 0.484 e. The fraction of sp³-hybridized carbons (Fsp3) is 0.143. The number of ether oxygens (including phenoxy) is 1. The lowest BCUT2D eigenvalue weighted by Crippen LogP contribution is -2.20. The molecule has 0 aliphatic rings. The van der Waals surface area contributed by atoms with Gasteiger partial charge >= 0.3 is 0 Å². The number of amides is 1. The van der Waals surface area contributed by atoms with E-state index in [2.05, 4.69) is 26.2 Å². The van der Waals surface area contributed by atoms with Gasteiger partial charge in [0, 0.05) is 11.8 Å². The Morgan fingerprint density at radius 2 is 2.20 bits per heavy atom. The molecule has 0 fully saturated rings. The molecule has 6 heteroatoms. The molecule has 0 bridgehead atoms. The molecule has 0 atom stereocenters. The molecule has 0 saturated carbocycles. The maximum absolute atomic E-state index is 11.8. The Morgan fingerprint density at radius 1 is 1.40 bits per heavy atom. The Labute approximate surface area is 125 Å². The molecule has 1 aromatic carbocycles. The van der Waals surface area contributed by atoms with E-state index >= 15 is 0 Å². The highest BCUT2D eigenvalue weighted by Gasteiger charge is 2.07. The standard InChI is InChI=1S/C14H14BrN3O2/c1-9-12(5-6-13(15)17-9)18-14(19)8-20-11-4-2-3-10(16)7-11/h2-7H,8,16H2,1H3,(H,18,19). The van der Waals surface area contributed by atoms with Crippen molar-refractivity contribution in [2.45, 2.75) is 6.92 Å². The minimum atomic E-state index is -0.250. The van der Waals surface area contributed by atoms with Gasteiger partial charge in [0.25, 0.3) is 5.91 Å². The van der Waals surface area contributed by atoms with E-state index in [0.717, 1.165) is 10.3 Å². The summed E-state index contributed by atoms with van der Waals surface area (Å²) in [5.41, 5.74) is 7.62. The lowest BCUT2D eigenvalue weighted by atomic mass is 10.3. The molecule has 104 valence electrons. The van der Waals surface area contributed by atoms with E-state index in [1.807, 2.05) is 6.92 Å². The average molecular weight is 336 g/mol. The zero-order valence-electron chi connectivity index (χ0n) is 10.9. The van der Waals surface area contributed by atoms with Crippen molar-refractivity contribution in [2.24, 2.45) is 0 Å². The fourth-order valence-corrected chi connectivity index (χ4v) is 2.00. The minimum Gasteiger partial charge on any atom is -0.484 e. The zero-order chi connectivity index (χ0) is 14.5. The van der Waals surface area contributed by atoms with Gasteiger partial charge in [-0.2, -0.15) is 0 Å². The summed E-state index contributed by atoms with van der Waals surface area (Å²) < 4.78 is 6.09. The van der Waals surface area contributed by atoms with Crippen molar-refractivity contribution in [3.05, 3.63) is 46.7 Å². The number of hydrogen-bond donors (Lipinski definition) is 2. The summed E-state index contributed by atoms with van der Waals surface area (Å²) in [6.45, 7) is 1.73. The smallest absolute Gasteiger partial charge is 0.262 e. The first-order chi connectivity index (χ1) is 9.54. The van der Waals surface area contributed by atoms with Crippen molar-refractivity contribution in [3.63, 3.8) is 0 Å². The summed E-state index contributed by atoms with van der Waals surface area (Å²) in [4.78, 5) is 16.0. The van der Waals surface area contributed by atoms with Crippen molar-refractivity contribution >= 4 is 33.2 Å². The van der Waals surface area contributed by atoms with Crippen molar-refractivity contribution in [1.29, 1.82) is 0 Å². The highest BCUT2D eigenvalue weighted by Crippen LogP contribution is 2.17. The highest BCUT2D eigenvalue weighted by molar-refractivity contribution is 9.10. The van der Waals surface area contributed by atoms with E-state index in [9.17, 15) is 4.79 Å². The fourth-order valence-electron chi connectivity index (χ4n) is 1.60. The van der Waals surface area contributed by atoms with Crippen LogP contribution in [0.4, 0.5) is 11.4 Å². The van der Waals surface area contributed by atoms with Crippen LogP contribution in [0.5, 0.6) is 5.75 Å². The Bertz CT molecular complexity index is 632. The Balaban J connectivity index is 1.92. The van der Waals surface area contributed by atoms with Gasteiger partial charge in [0.05, 0.1) is 11.4 Å². The van der Waals surface area contributed by atoms with Gasteiger partial charge in [0.15, 0.2) is 6.61 Å². The Hall–Kier alpha value is -2.08. The van der Waals surface area contributed by atoms with E-state index in [4.69, 9.17) is 10.5 Å². The molecule has 20 heavy (non-hydrogen) atoms. The van der Waals surface area contributed by atoms with Crippen molar-refractivity contribution in [3.8, 4) is 5.75 Å². The number of benzene rings is 1. The number of hydrogen-bond acceptors (Lipinski definition) is 4. The van der Waals surface area contributed by atoms with E-state index in [1.54, 1.807) is 36.4 Å². The molecule has 0 aliphatic heterocycles. The predicted molar refractivity (Wildman–Crippen MR) is 81.7 cm³/mol. The van der Waals surface area contributed by atoms with Crippen LogP contribution in [0.2, 0.25) is 0 Å². The third-order valence-corrected chi connectivity index (χ3v) is 3.00. The molecule has 5 nitrogen and oxygen atoms in total. The first kappa shape index (κ1) is 14.3. The minimum absolute atomic E-state index is 0.0844. The van der Waals surface area contributed by atoms with Gasteiger partial charge < -0.3 is 15.8 Å². The summed E-state index contributed by atoms with van der Waals surface area (Å²) in [6.07, 6.45) is 0. The van der Waals surface area contributed by atoms with Gasteiger partial charge in [-0.1, -0.05) is 6.07 Å². The zero-order valence-corrected chi connectivity index (χ0v) is 12.5. The number of anilines is 2. The number of halogens is 1. The maximum Gasteiger partial charge on any atom is 0.262 e. The monoisotopic (exact) mass is 335 g/mol. The number of pyridine rings is 1. The van der Waals surface area contributed by atoms with Gasteiger partial charge in [-0.3, -0.25) is 4.79 Å². The molecule has 2 aromatic rings. The molecule has 2 rings (SSSR count). The van der Waals surface area contributed by atoms with Crippen LogP contribution in [0.1, 0.15) is 5.69 Å². The van der Waals surface area contributed by atoms with Crippen molar-refractivity contribution in [2.75, 3.05) is 17.7 Å². The molecule has 1 heterocycles. The number of carbonyl (C=O) groups excluding carboxylic acids is 1. The molecule has 0 unspecified atom stereocenters. The summed E-state index contributed by atoms with van der Waals surface area (Å²) >= 11 is 3.27. The van der Waals surface area contributed by atoms with Crippen LogP contribution in [-0.2, 0) is 4.79 Å². The SMILES string of the molecule is Cc1nc(Br)ccc1NC(=O)COc1cccc(N)c1. The first-order valence-electron chi connectivity index (χ1n) is 5.96. The molecule has 1 amide bonds. The second-order valence-corrected chi connectivity index (χ2v) is 4.99. The van der Waals surface area contributed by atoms with Crippen LogP contribution in [0, 0.1) is 6.92 Å². The topological polar surface area (TPSA) is 77.2 Å². The number of nitrogens with zero attached hydrogens (tertiary/aromatic N) is 1. The molecule has 0 saturated heterocycles. The number of nitrogens with one attached hydrogen (secondary N) is 1. The van der Waals surface area contributed by atoms with Crippen LogP contribution in [0.15, 0.2) is 41.0 Å². The van der Waals surface area contributed by atoms with Gasteiger partial charge in [-0.05, 0) is 47.1 Å². The summed E-state index contributed by atoms with van der Waals surface area (Å²) in [5.74, 6) is 0.311. The Morgan fingerprint density at radius 3 is 2.90 bits per heavy atom. The summed E-state index contributed by atoms with van der Waals surface area (Å²) in [6, 6.07) is 10.5. The third-order valence-electron chi connectivity index (χ3n) is 2.55. The number of nitrogens with two attached hydrogens (primary N) is 1. The molecule has 0 aliphatic carbocycles. The van der Waals surface area contributed by atoms with Crippen LogP contribution in [-0.4, -0.2) is 17.5 Å². The average Bonchev–Trinajstić information content (AvgIpc) is 2.40. The van der Waals surface area contributed by atoms with Crippen LogP contribution in [0.3, 0.4) is 0 Å². The number of rotatable bonds is 4. The van der Waals surface area contributed by atoms with E-state index in [0.29, 0.717) is 17.1 Å². The summed E-state index contributed by atoms with van der Waals surface area (Å²) in [5, 5.41) is 2.74. The Kier molecular flexibility index (Phi) is 4.57. The number of nitrogen functional groups attached to an aromatic ring is 1. The van der Waals surface area contributed by atoms with Crippen LogP contribution in [0.25, 0.3) is 0 Å². The molecule has 1 aromatic heterocycles. The lowest BCUT2D eigenvalue weighted by molar-refractivity contribution is -0.118. The quantitative estimate of drug-likeness (QED) is 0.665. The lowest BCUT2D eigenvalue weighted by Gasteiger charge is -2.09.